The van der Waals surface area contributed by atoms with Crippen LogP contribution in [-0.2, 0) is 16.0 Å². The van der Waals surface area contributed by atoms with Crippen molar-refractivity contribution >= 4 is 11.9 Å². The summed E-state index contributed by atoms with van der Waals surface area (Å²) >= 11 is 0. The molecule has 0 heterocycles. The molecule has 2 aromatic rings. The Labute approximate surface area is 145 Å². The lowest BCUT2D eigenvalue weighted by molar-refractivity contribution is -0.142. The molecule has 4 N–H and O–H groups in total. The molecule has 0 spiro atoms. The largest absolute Gasteiger partial charge is 0.480 e. The van der Waals surface area contributed by atoms with E-state index in [0.717, 1.165) is 5.56 Å². The number of nitrogens with two attached hydrogens (primary N) is 1. The van der Waals surface area contributed by atoms with Gasteiger partial charge in [0.1, 0.15) is 17.9 Å². The van der Waals surface area contributed by atoms with Crippen molar-refractivity contribution in [2.75, 3.05) is 0 Å². The van der Waals surface area contributed by atoms with Crippen LogP contribution in [0.2, 0.25) is 0 Å². The summed E-state index contributed by atoms with van der Waals surface area (Å²) in [6, 6.07) is 12.9. The number of carboxylic acid groups (broad SMARTS) is 1. The van der Waals surface area contributed by atoms with Crippen molar-refractivity contribution < 1.29 is 19.1 Å². The lowest BCUT2D eigenvalue weighted by Crippen LogP contribution is -2.44. The summed E-state index contributed by atoms with van der Waals surface area (Å²) in [7, 11) is 0. The number of carbonyl (C=O) groups is 2. The van der Waals surface area contributed by atoms with Gasteiger partial charge in [0.25, 0.3) is 0 Å². The molecule has 0 saturated carbocycles. The number of hydrogen-bond acceptors (Lipinski definition) is 3. The number of amides is 1. The summed E-state index contributed by atoms with van der Waals surface area (Å²) < 4.78 is 12.9. The Hall–Kier alpha value is -2.73. The first kappa shape index (κ1) is 18.6. The molecular formula is C19H21FN2O3. The van der Waals surface area contributed by atoms with Crippen molar-refractivity contribution in [2.45, 2.75) is 31.3 Å². The van der Waals surface area contributed by atoms with Crippen molar-refractivity contribution in [1.29, 1.82) is 0 Å². The van der Waals surface area contributed by atoms with Crippen LogP contribution in [0.5, 0.6) is 0 Å². The van der Waals surface area contributed by atoms with Gasteiger partial charge < -0.3 is 16.2 Å². The van der Waals surface area contributed by atoms with Crippen LogP contribution in [0.25, 0.3) is 0 Å². The Kier molecular flexibility index (Phi) is 6.65. The number of hydrogen-bond donors (Lipinski definition) is 3. The van der Waals surface area contributed by atoms with E-state index in [1.54, 1.807) is 36.4 Å². The van der Waals surface area contributed by atoms with E-state index in [4.69, 9.17) is 5.73 Å². The van der Waals surface area contributed by atoms with E-state index in [1.165, 1.54) is 12.1 Å². The Bertz CT molecular complexity index is 704. The van der Waals surface area contributed by atoms with E-state index in [9.17, 15) is 19.1 Å². The molecule has 0 fully saturated rings. The molecule has 5 nitrogen and oxygen atoms in total. The van der Waals surface area contributed by atoms with E-state index in [0.29, 0.717) is 18.4 Å². The lowest BCUT2D eigenvalue weighted by Gasteiger charge is -2.18. The number of aliphatic carboxylic acids is 1. The number of rotatable bonds is 8. The Balaban J connectivity index is 1.88. The molecule has 0 aliphatic heterocycles. The normalized spacial score (nSPS) is 13.0. The minimum absolute atomic E-state index is 0.264. The van der Waals surface area contributed by atoms with Gasteiger partial charge in [0.05, 0.1) is 0 Å². The van der Waals surface area contributed by atoms with Crippen LogP contribution >= 0.6 is 0 Å². The van der Waals surface area contributed by atoms with Gasteiger partial charge in [-0.15, -0.1) is 0 Å². The molecule has 0 aliphatic rings. The maximum absolute atomic E-state index is 12.9. The highest BCUT2D eigenvalue weighted by Crippen LogP contribution is 2.12. The van der Waals surface area contributed by atoms with E-state index >= 15 is 0 Å². The summed E-state index contributed by atoms with van der Waals surface area (Å²) in [6.45, 7) is 0. The predicted molar refractivity (Wildman–Crippen MR) is 92.3 cm³/mol. The van der Waals surface area contributed by atoms with Crippen LogP contribution in [-0.4, -0.2) is 23.0 Å². The van der Waals surface area contributed by atoms with Gasteiger partial charge in [-0.1, -0.05) is 42.5 Å². The molecule has 0 bridgehead atoms. The van der Waals surface area contributed by atoms with Crippen LogP contribution in [0.15, 0.2) is 54.6 Å². The van der Waals surface area contributed by atoms with Gasteiger partial charge in [0.15, 0.2) is 0 Å². The zero-order valence-corrected chi connectivity index (χ0v) is 13.7. The SMILES string of the molecule is N[C@H](C(=O)NC(CCCc1ccc(F)cc1)C(=O)O)c1ccccc1. The predicted octanol–water partition coefficient (Wildman–Crippen LogP) is 2.42. The van der Waals surface area contributed by atoms with Gasteiger partial charge in [0.2, 0.25) is 5.91 Å². The molecular weight excluding hydrogens is 323 g/mol. The van der Waals surface area contributed by atoms with Crippen LogP contribution in [0.1, 0.15) is 30.0 Å². The lowest BCUT2D eigenvalue weighted by atomic mass is 10.0. The Morgan fingerprint density at radius 2 is 1.72 bits per heavy atom. The smallest absolute Gasteiger partial charge is 0.326 e. The molecule has 2 atom stereocenters. The summed E-state index contributed by atoms with van der Waals surface area (Å²) in [4.78, 5) is 23.6. The van der Waals surface area contributed by atoms with Gasteiger partial charge in [-0.3, -0.25) is 4.79 Å². The minimum atomic E-state index is -1.10. The van der Waals surface area contributed by atoms with Gasteiger partial charge in [0, 0.05) is 0 Å². The zero-order chi connectivity index (χ0) is 18.2. The molecule has 1 unspecified atom stereocenters. The third-order valence-electron chi connectivity index (χ3n) is 3.93. The average molecular weight is 344 g/mol. The van der Waals surface area contributed by atoms with Crippen molar-refractivity contribution in [2.24, 2.45) is 5.73 Å². The van der Waals surface area contributed by atoms with Crippen LogP contribution in [0, 0.1) is 5.82 Å². The standard InChI is InChI=1S/C19H21FN2O3/c20-15-11-9-13(10-12-15)5-4-8-16(19(24)25)22-18(23)17(21)14-6-2-1-3-7-14/h1-3,6-7,9-12,16-17H,4-5,8,21H2,(H,22,23)(H,24,25)/t16?,17-/m0/s1. The van der Waals surface area contributed by atoms with E-state index in [1.807, 2.05) is 6.07 Å². The van der Waals surface area contributed by atoms with Crippen molar-refractivity contribution in [1.82, 2.24) is 5.32 Å². The average Bonchev–Trinajstić information content (AvgIpc) is 2.62. The van der Waals surface area contributed by atoms with E-state index < -0.39 is 24.0 Å². The highest BCUT2D eigenvalue weighted by molar-refractivity contribution is 5.87. The van der Waals surface area contributed by atoms with Gasteiger partial charge >= 0.3 is 5.97 Å². The van der Waals surface area contributed by atoms with Gasteiger partial charge in [-0.2, -0.15) is 0 Å². The first-order valence-corrected chi connectivity index (χ1v) is 8.05. The molecule has 0 aliphatic carbocycles. The maximum atomic E-state index is 12.9. The number of carboxylic acids is 1. The fourth-order valence-electron chi connectivity index (χ4n) is 2.49. The monoisotopic (exact) mass is 344 g/mol. The Morgan fingerprint density at radius 1 is 1.08 bits per heavy atom. The molecule has 6 heteroatoms. The summed E-state index contributed by atoms with van der Waals surface area (Å²) in [5, 5.41) is 11.8. The maximum Gasteiger partial charge on any atom is 0.326 e. The molecule has 0 saturated heterocycles. The fraction of sp³-hybridized carbons (Fsp3) is 0.263. The number of halogens is 1. The van der Waals surface area contributed by atoms with Crippen LogP contribution < -0.4 is 11.1 Å². The highest BCUT2D eigenvalue weighted by Gasteiger charge is 2.23. The number of aryl methyl sites for hydroxylation is 1. The van der Waals surface area contributed by atoms with E-state index in [2.05, 4.69) is 5.32 Å². The molecule has 0 radical (unpaired) electrons. The second-order valence-corrected chi connectivity index (χ2v) is 5.81. The number of carbonyl (C=O) groups excluding carboxylic acids is 1. The van der Waals surface area contributed by atoms with Crippen LogP contribution in [0.3, 0.4) is 0 Å². The van der Waals surface area contributed by atoms with E-state index in [-0.39, 0.29) is 12.2 Å². The van der Waals surface area contributed by atoms with Crippen LogP contribution in [0.4, 0.5) is 4.39 Å². The Morgan fingerprint density at radius 3 is 2.32 bits per heavy atom. The zero-order valence-electron chi connectivity index (χ0n) is 13.7. The molecule has 0 aromatic heterocycles. The highest BCUT2D eigenvalue weighted by atomic mass is 19.1. The fourth-order valence-corrected chi connectivity index (χ4v) is 2.49. The minimum Gasteiger partial charge on any atom is -0.480 e. The first-order chi connectivity index (χ1) is 12.0. The summed E-state index contributed by atoms with van der Waals surface area (Å²) in [5.74, 6) is -1.94. The van der Waals surface area contributed by atoms with Crippen molar-refractivity contribution in [3.63, 3.8) is 0 Å². The summed E-state index contributed by atoms with van der Waals surface area (Å²) in [5.41, 5.74) is 7.42. The molecule has 1 amide bonds. The molecule has 2 rings (SSSR count). The second kappa shape index (κ2) is 8.94. The van der Waals surface area contributed by atoms with Crippen molar-refractivity contribution in [3.05, 3.63) is 71.5 Å². The number of nitrogens with one attached hydrogen (secondary N) is 1. The first-order valence-electron chi connectivity index (χ1n) is 8.05. The second-order valence-electron chi connectivity index (χ2n) is 5.81. The summed E-state index contributed by atoms with van der Waals surface area (Å²) in [6.07, 6.45) is 1.41. The quantitative estimate of drug-likeness (QED) is 0.686. The number of benzene rings is 2. The van der Waals surface area contributed by atoms with Gasteiger partial charge in [-0.05, 0) is 42.5 Å². The molecule has 132 valence electrons. The molecule has 2 aromatic carbocycles. The third-order valence-corrected chi connectivity index (χ3v) is 3.93. The topological polar surface area (TPSA) is 92.4 Å². The van der Waals surface area contributed by atoms with Gasteiger partial charge in [-0.25, -0.2) is 9.18 Å². The third kappa shape index (κ3) is 5.69. The molecule has 25 heavy (non-hydrogen) atoms. The van der Waals surface area contributed by atoms with Crippen molar-refractivity contribution in [3.8, 4) is 0 Å².